The fourth-order valence-corrected chi connectivity index (χ4v) is 2.12. The van der Waals surface area contributed by atoms with Gasteiger partial charge in [-0.15, -0.1) is 0 Å². The Morgan fingerprint density at radius 2 is 1.84 bits per heavy atom. The lowest BCUT2D eigenvalue weighted by Gasteiger charge is -2.21. The van der Waals surface area contributed by atoms with Crippen LogP contribution in [-0.2, 0) is 4.79 Å². The molecule has 0 bridgehead atoms. The average molecular weight is 271 g/mol. The Labute approximate surface area is 107 Å². The molecule has 7 heteroatoms. The summed E-state index contributed by atoms with van der Waals surface area (Å²) in [5, 5.41) is 17.9. The molecule has 1 fully saturated rings. The van der Waals surface area contributed by atoms with Gasteiger partial charge in [0.05, 0.1) is 0 Å². The Kier molecular flexibility index (Phi) is 3.37. The molecule has 0 aliphatic carbocycles. The smallest absolute Gasteiger partial charge is 0.326 e. The van der Waals surface area contributed by atoms with Crippen LogP contribution in [0.3, 0.4) is 0 Å². The molecule has 0 radical (unpaired) electrons. The molecule has 1 atom stereocenters. The van der Waals surface area contributed by atoms with Crippen molar-refractivity contribution >= 4 is 11.9 Å². The maximum absolute atomic E-state index is 13.2. The van der Waals surface area contributed by atoms with E-state index in [0.29, 0.717) is 25.0 Å². The molecular formula is C12H11F2NO4. The third-order valence-electron chi connectivity index (χ3n) is 3.06. The zero-order valence-corrected chi connectivity index (χ0v) is 9.77. The van der Waals surface area contributed by atoms with Gasteiger partial charge in [0.1, 0.15) is 6.04 Å². The van der Waals surface area contributed by atoms with Gasteiger partial charge < -0.3 is 15.1 Å². The Morgan fingerprint density at radius 3 is 2.37 bits per heavy atom. The first-order chi connectivity index (χ1) is 8.91. The molecule has 19 heavy (non-hydrogen) atoms. The second-order valence-corrected chi connectivity index (χ2v) is 4.28. The van der Waals surface area contributed by atoms with Crippen LogP contribution in [0.25, 0.3) is 0 Å². The molecule has 1 aromatic carbocycles. The summed E-state index contributed by atoms with van der Waals surface area (Å²) >= 11 is 0. The maximum atomic E-state index is 13.2. The average Bonchev–Trinajstić information content (AvgIpc) is 2.83. The lowest BCUT2D eigenvalue weighted by atomic mass is 10.1. The fraction of sp³-hybridized carbons (Fsp3) is 0.333. The molecule has 5 nitrogen and oxygen atoms in total. The Bertz CT molecular complexity index is 524. The first-order valence-electron chi connectivity index (χ1n) is 5.63. The third-order valence-corrected chi connectivity index (χ3v) is 3.06. The quantitative estimate of drug-likeness (QED) is 0.851. The molecule has 1 saturated heterocycles. The minimum absolute atomic E-state index is 0.222. The molecule has 0 aromatic heterocycles. The molecule has 0 spiro atoms. The molecule has 0 saturated carbocycles. The number of nitrogens with zero attached hydrogens (tertiary/aromatic N) is 1. The Morgan fingerprint density at radius 1 is 1.26 bits per heavy atom. The Hall–Kier alpha value is -2.18. The van der Waals surface area contributed by atoms with Gasteiger partial charge in [0.2, 0.25) is 0 Å². The van der Waals surface area contributed by atoms with E-state index in [1.165, 1.54) is 0 Å². The highest BCUT2D eigenvalue weighted by atomic mass is 19.1. The highest BCUT2D eigenvalue weighted by molar-refractivity contribution is 5.97. The highest BCUT2D eigenvalue weighted by Gasteiger charge is 2.34. The summed E-state index contributed by atoms with van der Waals surface area (Å²) in [6.07, 6.45) is 0.829. The van der Waals surface area contributed by atoms with Gasteiger partial charge in [-0.3, -0.25) is 4.79 Å². The predicted molar refractivity (Wildman–Crippen MR) is 59.7 cm³/mol. The van der Waals surface area contributed by atoms with E-state index < -0.39 is 35.3 Å². The lowest BCUT2D eigenvalue weighted by molar-refractivity contribution is -0.141. The van der Waals surface area contributed by atoms with Crippen LogP contribution in [0, 0.1) is 11.6 Å². The van der Waals surface area contributed by atoms with Crippen LogP contribution in [0.2, 0.25) is 0 Å². The number of amides is 1. The largest absolute Gasteiger partial charge is 0.503 e. The number of carbonyl (C=O) groups excluding carboxylic acids is 1. The number of aliphatic carboxylic acids is 1. The molecule has 102 valence electrons. The van der Waals surface area contributed by atoms with E-state index in [9.17, 15) is 18.4 Å². The molecule has 1 aromatic rings. The van der Waals surface area contributed by atoms with E-state index in [1.807, 2.05) is 0 Å². The van der Waals surface area contributed by atoms with E-state index in [2.05, 4.69) is 0 Å². The second-order valence-electron chi connectivity index (χ2n) is 4.28. The standard InChI is InChI=1S/C12H11F2NO4/c13-7-4-6(5-8(14)10(7)16)11(17)15-3-1-2-9(15)12(18)19/h4-5,9,16H,1-3H2,(H,18,19). The van der Waals surface area contributed by atoms with Crippen molar-refractivity contribution in [3.8, 4) is 5.75 Å². The zero-order valence-electron chi connectivity index (χ0n) is 9.77. The van der Waals surface area contributed by atoms with Crippen LogP contribution in [0.1, 0.15) is 23.2 Å². The van der Waals surface area contributed by atoms with Crippen LogP contribution in [0.15, 0.2) is 12.1 Å². The van der Waals surface area contributed by atoms with Crippen LogP contribution < -0.4 is 0 Å². The second kappa shape index (κ2) is 4.83. The monoisotopic (exact) mass is 271 g/mol. The SMILES string of the molecule is O=C(O)C1CCCN1C(=O)c1cc(F)c(O)c(F)c1. The van der Waals surface area contributed by atoms with Gasteiger partial charge >= 0.3 is 5.97 Å². The summed E-state index contributed by atoms with van der Waals surface area (Å²) in [7, 11) is 0. The number of rotatable bonds is 2. The Balaban J connectivity index is 2.32. The van der Waals surface area contributed by atoms with Gasteiger partial charge in [-0.1, -0.05) is 0 Å². The molecular weight excluding hydrogens is 260 g/mol. The summed E-state index contributed by atoms with van der Waals surface area (Å²) in [6, 6.07) is 0.406. The normalized spacial score (nSPS) is 18.6. The minimum Gasteiger partial charge on any atom is -0.503 e. The number of halogens is 2. The molecule has 2 N–H and O–H groups in total. The molecule has 1 heterocycles. The number of carbonyl (C=O) groups is 2. The van der Waals surface area contributed by atoms with E-state index in [-0.39, 0.29) is 12.1 Å². The molecule has 1 unspecified atom stereocenters. The first kappa shape index (κ1) is 13.3. The molecule has 1 aliphatic rings. The van der Waals surface area contributed by atoms with Crippen molar-refractivity contribution in [1.82, 2.24) is 4.90 Å². The number of hydrogen-bond acceptors (Lipinski definition) is 3. The van der Waals surface area contributed by atoms with Gasteiger partial charge in [-0.25, -0.2) is 13.6 Å². The zero-order chi connectivity index (χ0) is 14.2. The van der Waals surface area contributed by atoms with Crippen molar-refractivity contribution < 1.29 is 28.6 Å². The van der Waals surface area contributed by atoms with Gasteiger partial charge in [0.25, 0.3) is 5.91 Å². The summed E-state index contributed by atoms with van der Waals surface area (Å²) < 4.78 is 26.3. The van der Waals surface area contributed by atoms with Gasteiger partial charge in [0, 0.05) is 12.1 Å². The van der Waals surface area contributed by atoms with Crippen molar-refractivity contribution in [2.24, 2.45) is 0 Å². The molecule has 1 amide bonds. The van der Waals surface area contributed by atoms with E-state index in [0.717, 1.165) is 4.90 Å². The predicted octanol–water partition coefficient (Wildman–Crippen LogP) is 1.36. The topological polar surface area (TPSA) is 77.8 Å². The summed E-state index contributed by atoms with van der Waals surface area (Å²) in [5.74, 6) is -5.58. The molecule has 2 rings (SSSR count). The number of benzene rings is 1. The van der Waals surface area contributed by atoms with E-state index in [1.54, 1.807) is 0 Å². The summed E-state index contributed by atoms with van der Waals surface area (Å²) in [5.41, 5.74) is -0.319. The number of carboxylic acids is 1. The third kappa shape index (κ3) is 2.35. The van der Waals surface area contributed by atoms with Crippen molar-refractivity contribution in [2.75, 3.05) is 6.54 Å². The lowest BCUT2D eigenvalue weighted by Crippen LogP contribution is -2.40. The van der Waals surface area contributed by atoms with Crippen LogP contribution >= 0.6 is 0 Å². The van der Waals surface area contributed by atoms with E-state index >= 15 is 0 Å². The van der Waals surface area contributed by atoms with Crippen molar-refractivity contribution in [1.29, 1.82) is 0 Å². The number of phenols is 1. The number of carboxylic acid groups (broad SMARTS) is 1. The van der Waals surface area contributed by atoms with Gasteiger partial charge in [-0.05, 0) is 25.0 Å². The van der Waals surface area contributed by atoms with Crippen molar-refractivity contribution in [3.05, 3.63) is 29.3 Å². The van der Waals surface area contributed by atoms with Crippen molar-refractivity contribution in [3.63, 3.8) is 0 Å². The van der Waals surface area contributed by atoms with Crippen LogP contribution in [0.5, 0.6) is 5.75 Å². The van der Waals surface area contributed by atoms with Crippen LogP contribution in [-0.4, -0.2) is 39.6 Å². The van der Waals surface area contributed by atoms with Gasteiger partial charge in [-0.2, -0.15) is 0 Å². The van der Waals surface area contributed by atoms with Gasteiger partial charge in [0.15, 0.2) is 17.4 Å². The number of phenolic OH excluding ortho intramolecular Hbond substituents is 1. The number of aromatic hydroxyl groups is 1. The highest BCUT2D eigenvalue weighted by Crippen LogP contribution is 2.25. The minimum atomic E-state index is -1.26. The number of hydrogen-bond donors (Lipinski definition) is 2. The summed E-state index contributed by atoms with van der Waals surface area (Å²) in [6.45, 7) is 0.222. The maximum Gasteiger partial charge on any atom is 0.326 e. The first-order valence-corrected chi connectivity index (χ1v) is 5.63. The van der Waals surface area contributed by atoms with E-state index in [4.69, 9.17) is 10.2 Å². The fourth-order valence-electron chi connectivity index (χ4n) is 2.12. The molecule has 1 aliphatic heterocycles. The van der Waals surface area contributed by atoms with Crippen LogP contribution in [0.4, 0.5) is 8.78 Å². The van der Waals surface area contributed by atoms with Crippen molar-refractivity contribution in [2.45, 2.75) is 18.9 Å². The number of likely N-dealkylation sites (tertiary alicyclic amines) is 1. The summed E-state index contributed by atoms with van der Waals surface area (Å²) in [4.78, 5) is 24.0.